The minimum Gasteiger partial charge on any atom is -0.495 e. The fourth-order valence-corrected chi connectivity index (χ4v) is 2.14. The average molecular weight is 388 g/mol. The minimum atomic E-state index is -0.475. The zero-order valence-corrected chi connectivity index (χ0v) is 14.6. The first-order valence-corrected chi connectivity index (χ1v) is 7.67. The van der Waals surface area contributed by atoms with Gasteiger partial charge in [-0.25, -0.2) is 4.98 Å². The number of anilines is 2. The molecule has 0 spiro atoms. The predicted molar refractivity (Wildman–Crippen MR) is 94.7 cm³/mol. The van der Waals surface area contributed by atoms with Gasteiger partial charge in [-0.1, -0.05) is 21.9 Å². The highest BCUT2D eigenvalue weighted by Crippen LogP contribution is 2.27. The van der Waals surface area contributed by atoms with Crippen molar-refractivity contribution in [3.63, 3.8) is 0 Å². The Labute approximate surface area is 147 Å². The van der Waals surface area contributed by atoms with Gasteiger partial charge in [0.2, 0.25) is 5.91 Å². The molecular weight excluding hydrogens is 374 g/mol. The van der Waals surface area contributed by atoms with Gasteiger partial charge in [0.1, 0.15) is 11.6 Å². The highest BCUT2D eigenvalue weighted by Gasteiger charge is 2.06. The lowest BCUT2D eigenvalue weighted by Gasteiger charge is -2.08. The predicted octanol–water partition coefficient (Wildman–Crippen LogP) is 2.80. The Hall–Kier alpha value is -2.85. The Morgan fingerprint density at radius 1 is 1.21 bits per heavy atom. The molecule has 7 heteroatoms. The molecule has 0 fully saturated rings. The maximum absolute atomic E-state index is 11.9. The SMILES string of the molecule is COc1ccc(Br)cc1NC(=O)C#Cc1ccc(NC(C)=O)nc1. The number of nitrogens with one attached hydrogen (secondary N) is 2. The molecule has 0 unspecified atom stereocenters. The molecule has 0 radical (unpaired) electrons. The van der Waals surface area contributed by atoms with Gasteiger partial charge in [-0.3, -0.25) is 9.59 Å². The highest BCUT2D eigenvalue weighted by atomic mass is 79.9. The molecule has 0 saturated carbocycles. The van der Waals surface area contributed by atoms with E-state index in [1.165, 1.54) is 20.2 Å². The van der Waals surface area contributed by atoms with Gasteiger partial charge in [-0.2, -0.15) is 0 Å². The van der Waals surface area contributed by atoms with Gasteiger partial charge >= 0.3 is 5.91 Å². The van der Waals surface area contributed by atoms with Crippen molar-refractivity contribution < 1.29 is 14.3 Å². The van der Waals surface area contributed by atoms with Crippen molar-refractivity contribution >= 4 is 39.2 Å². The van der Waals surface area contributed by atoms with Crippen molar-refractivity contribution in [1.29, 1.82) is 0 Å². The van der Waals surface area contributed by atoms with Crippen molar-refractivity contribution in [2.45, 2.75) is 6.92 Å². The van der Waals surface area contributed by atoms with Crippen molar-refractivity contribution in [1.82, 2.24) is 4.98 Å². The molecule has 0 aliphatic carbocycles. The average Bonchev–Trinajstić information content (AvgIpc) is 2.54. The molecule has 0 saturated heterocycles. The van der Waals surface area contributed by atoms with Crippen LogP contribution in [0, 0.1) is 11.8 Å². The molecule has 2 aromatic rings. The van der Waals surface area contributed by atoms with E-state index in [-0.39, 0.29) is 5.91 Å². The summed E-state index contributed by atoms with van der Waals surface area (Å²) in [5.41, 5.74) is 1.07. The van der Waals surface area contributed by atoms with E-state index in [0.717, 1.165) is 4.47 Å². The number of carbonyl (C=O) groups is 2. The van der Waals surface area contributed by atoms with Crippen LogP contribution >= 0.6 is 15.9 Å². The van der Waals surface area contributed by atoms with Gasteiger partial charge in [0.05, 0.1) is 12.8 Å². The maximum Gasteiger partial charge on any atom is 0.300 e. The molecule has 2 N–H and O–H groups in total. The molecule has 2 rings (SSSR count). The quantitative estimate of drug-likeness (QED) is 0.793. The first-order valence-electron chi connectivity index (χ1n) is 6.88. The largest absolute Gasteiger partial charge is 0.495 e. The number of carbonyl (C=O) groups excluding carboxylic acids is 2. The van der Waals surface area contributed by atoms with Crippen LogP contribution in [0.3, 0.4) is 0 Å². The van der Waals surface area contributed by atoms with Crippen LogP contribution < -0.4 is 15.4 Å². The Kier molecular flexibility index (Phi) is 5.93. The molecule has 0 aliphatic rings. The second-order valence-corrected chi connectivity index (χ2v) is 5.58. The van der Waals surface area contributed by atoms with Crippen LogP contribution in [0.4, 0.5) is 11.5 Å². The van der Waals surface area contributed by atoms with Gasteiger partial charge in [0.25, 0.3) is 0 Å². The third-order valence-corrected chi connectivity index (χ3v) is 3.29. The topological polar surface area (TPSA) is 80.3 Å². The minimum absolute atomic E-state index is 0.205. The van der Waals surface area contributed by atoms with Crippen LogP contribution in [0.1, 0.15) is 12.5 Å². The monoisotopic (exact) mass is 387 g/mol. The smallest absolute Gasteiger partial charge is 0.300 e. The molecule has 0 aliphatic heterocycles. The number of rotatable bonds is 3. The fraction of sp³-hybridized carbons (Fsp3) is 0.118. The van der Waals surface area contributed by atoms with Crippen molar-refractivity contribution in [3.8, 4) is 17.6 Å². The van der Waals surface area contributed by atoms with Crippen LogP contribution in [0.15, 0.2) is 41.0 Å². The number of hydrogen-bond donors (Lipinski definition) is 2. The molecule has 6 nitrogen and oxygen atoms in total. The van der Waals surface area contributed by atoms with Crippen LogP contribution in [-0.4, -0.2) is 23.9 Å². The van der Waals surface area contributed by atoms with E-state index in [2.05, 4.69) is 43.4 Å². The van der Waals surface area contributed by atoms with Crippen LogP contribution in [0.2, 0.25) is 0 Å². The van der Waals surface area contributed by atoms with Crippen molar-refractivity contribution in [2.24, 2.45) is 0 Å². The number of amides is 2. The summed E-state index contributed by atoms with van der Waals surface area (Å²) in [5, 5.41) is 5.22. The molecule has 2 amide bonds. The summed E-state index contributed by atoms with van der Waals surface area (Å²) in [7, 11) is 1.52. The lowest BCUT2D eigenvalue weighted by molar-refractivity contribution is -0.114. The van der Waals surface area contributed by atoms with Crippen LogP contribution in [-0.2, 0) is 9.59 Å². The summed E-state index contributed by atoms with van der Waals surface area (Å²) in [6.07, 6.45) is 1.48. The van der Waals surface area contributed by atoms with Gasteiger partial charge in [0.15, 0.2) is 0 Å². The van der Waals surface area contributed by atoms with Gasteiger partial charge in [0, 0.05) is 29.1 Å². The Bertz CT molecular complexity index is 823. The Balaban J connectivity index is 2.07. The molecule has 24 heavy (non-hydrogen) atoms. The zero-order chi connectivity index (χ0) is 17.5. The molecule has 1 heterocycles. The second kappa shape index (κ2) is 8.13. The molecule has 1 aromatic carbocycles. The molecule has 1 aromatic heterocycles. The van der Waals surface area contributed by atoms with E-state index in [9.17, 15) is 9.59 Å². The molecular formula is C17H14BrN3O3. The zero-order valence-electron chi connectivity index (χ0n) is 13.0. The van der Waals surface area contributed by atoms with Crippen LogP contribution in [0.25, 0.3) is 0 Å². The third-order valence-electron chi connectivity index (χ3n) is 2.80. The Morgan fingerprint density at radius 2 is 2.00 bits per heavy atom. The fourth-order valence-electron chi connectivity index (χ4n) is 1.78. The summed E-state index contributed by atoms with van der Waals surface area (Å²) in [4.78, 5) is 26.9. The van der Waals surface area contributed by atoms with E-state index in [1.54, 1.807) is 24.3 Å². The number of aromatic nitrogens is 1. The second-order valence-electron chi connectivity index (χ2n) is 4.66. The molecule has 0 atom stereocenters. The van der Waals surface area contributed by atoms with E-state index in [4.69, 9.17) is 4.74 Å². The first-order chi connectivity index (χ1) is 11.5. The maximum atomic E-state index is 11.9. The summed E-state index contributed by atoms with van der Waals surface area (Å²) >= 11 is 3.33. The van der Waals surface area contributed by atoms with E-state index in [0.29, 0.717) is 22.8 Å². The van der Waals surface area contributed by atoms with Crippen molar-refractivity contribution in [3.05, 3.63) is 46.6 Å². The number of pyridine rings is 1. The summed E-state index contributed by atoms with van der Waals surface area (Å²) < 4.78 is 5.99. The standard InChI is InChI=1S/C17H14BrN3O3/c1-11(22)20-16-7-3-12(10-19-16)4-8-17(23)21-14-9-13(18)5-6-15(14)24-2/h3,5-7,9-10H,1-2H3,(H,21,23)(H,19,20,22). The molecule has 0 bridgehead atoms. The van der Waals surface area contributed by atoms with Gasteiger partial charge in [-0.05, 0) is 30.3 Å². The summed E-state index contributed by atoms with van der Waals surface area (Å²) in [6.45, 7) is 1.40. The van der Waals surface area contributed by atoms with Gasteiger partial charge < -0.3 is 15.4 Å². The number of benzene rings is 1. The number of hydrogen-bond acceptors (Lipinski definition) is 4. The lowest BCUT2D eigenvalue weighted by atomic mass is 10.2. The number of halogens is 1. The molecule has 122 valence electrons. The highest BCUT2D eigenvalue weighted by molar-refractivity contribution is 9.10. The summed E-state index contributed by atoms with van der Waals surface area (Å²) in [6, 6.07) is 8.54. The van der Waals surface area contributed by atoms with E-state index in [1.807, 2.05) is 6.07 Å². The third kappa shape index (κ3) is 5.11. The van der Waals surface area contributed by atoms with E-state index >= 15 is 0 Å². The number of methoxy groups -OCH3 is 1. The number of ether oxygens (including phenoxy) is 1. The summed E-state index contributed by atoms with van der Waals surface area (Å²) in [5.74, 6) is 5.47. The number of nitrogens with zero attached hydrogens (tertiary/aromatic N) is 1. The Morgan fingerprint density at radius 3 is 2.62 bits per heavy atom. The van der Waals surface area contributed by atoms with Crippen LogP contribution in [0.5, 0.6) is 5.75 Å². The first kappa shape index (κ1) is 17.5. The lowest BCUT2D eigenvalue weighted by Crippen LogP contribution is -2.09. The van der Waals surface area contributed by atoms with E-state index < -0.39 is 5.91 Å². The normalized spacial score (nSPS) is 9.46. The van der Waals surface area contributed by atoms with Gasteiger partial charge in [-0.15, -0.1) is 0 Å². The van der Waals surface area contributed by atoms with Crippen molar-refractivity contribution in [2.75, 3.05) is 17.7 Å².